The molecule has 0 amide bonds. The molecule has 1 aromatic rings. The minimum atomic E-state index is -0.335. The fraction of sp³-hybridized carbons (Fsp3) is 0.533. The van der Waals surface area contributed by atoms with Gasteiger partial charge in [-0.3, -0.25) is 4.79 Å². The van der Waals surface area contributed by atoms with Crippen molar-refractivity contribution >= 4 is 5.78 Å². The quantitative estimate of drug-likeness (QED) is 0.792. The monoisotopic (exact) mass is 234 g/mol. The third-order valence-electron chi connectivity index (χ3n) is 2.75. The van der Waals surface area contributed by atoms with Crippen LogP contribution in [0.4, 0.5) is 0 Å². The summed E-state index contributed by atoms with van der Waals surface area (Å²) in [6, 6.07) is 7.93. The summed E-state index contributed by atoms with van der Waals surface area (Å²) in [4.78, 5) is 11.7. The summed E-state index contributed by atoms with van der Waals surface area (Å²) in [6.07, 6.45) is 0. The Balaban J connectivity index is 2.56. The first-order chi connectivity index (χ1) is 7.80. The van der Waals surface area contributed by atoms with Crippen LogP contribution in [0.1, 0.15) is 46.1 Å². The van der Waals surface area contributed by atoms with Crippen LogP contribution in [0.15, 0.2) is 24.3 Å². The second kappa shape index (κ2) is 5.35. The zero-order valence-corrected chi connectivity index (χ0v) is 11.4. The molecule has 1 aromatic carbocycles. The molecule has 0 bridgehead atoms. The summed E-state index contributed by atoms with van der Waals surface area (Å²) in [5, 5.41) is 0. The van der Waals surface area contributed by atoms with Gasteiger partial charge >= 0.3 is 0 Å². The largest absolute Gasteiger partial charge is 0.486 e. The van der Waals surface area contributed by atoms with Crippen molar-refractivity contribution in [1.29, 1.82) is 0 Å². The molecule has 17 heavy (non-hydrogen) atoms. The highest BCUT2D eigenvalue weighted by Gasteiger charge is 2.21. The van der Waals surface area contributed by atoms with Crippen molar-refractivity contribution in [1.82, 2.24) is 0 Å². The van der Waals surface area contributed by atoms with Crippen molar-refractivity contribution in [2.24, 2.45) is 5.41 Å². The third kappa shape index (κ3) is 4.22. The first kappa shape index (κ1) is 13.8. The highest BCUT2D eigenvalue weighted by Crippen LogP contribution is 2.20. The second-order valence-electron chi connectivity index (χ2n) is 5.69. The van der Waals surface area contributed by atoms with E-state index in [0.29, 0.717) is 5.92 Å². The maximum absolute atomic E-state index is 11.7. The van der Waals surface area contributed by atoms with Crippen LogP contribution in [0.2, 0.25) is 0 Å². The van der Waals surface area contributed by atoms with Crippen molar-refractivity contribution in [3.8, 4) is 5.75 Å². The number of carbonyl (C=O) groups excluding carboxylic acids is 1. The SMILES string of the molecule is CC(C)c1ccc(OCC(=O)C(C)(C)C)cc1. The van der Waals surface area contributed by atoms with E-state index in [-0.39, 0.29) is 17.8 Å². The minimum absolute atomic E-state index is 0.116. The Bertz CT molecular complexity index is 369. The van der Waals surface area contributed by atoms with Gasteiger partial charge in [-0.1, -0.05) is 46.8 Å². The molecule has 0 fully saturated rings. The molecule has 0 N–H and O–H groups in total. The van der Waals surface area contributed by atoms with Crippen LogP contribution in [-0.2, 0) is 4.79 Å². The standard InChI is InChI=1S/C15H22O2/c1-11(2)12-6-8-13(9-7-12)17-10-14(16)15(3,4)5/h6-9,11H,10H2,1-5H3. The van der Waals surface area contributed by atoms with Crippen molar-refractivity contribution in [2.45, 2.75) is 40.5 Å². The summed E-state index contributed by atoms with van der Waals surface area (Å²) in [7, 11) is 0. The van der Waals surface area contributed by atoms with Crippen LogP contribution in [0.3, 0.4) is 0 Å². The molecule has 0 heterocycles. The Morgan fingerprint density at radius 1 is 1.18 bits per heavy atom. The van der Waals surface area contributed by atoms with E-state index in [4.69, 9.17) is 4.74 Å². The van der Waals surface area contributed by atoms with Gasteiger partial charge in [0.15, 0.2) is 5.78 Å². The Hall–Kier alpha value is -1.31. The van der Waals surface area contributed by atoms with Gasteiger partial charge in [0.25, 0.3) is 0 Å². The molecule has 0 spiro atoms. The van der Waals surface area contributed by atoms with Gasteiger partial charge in [0.2, 0.25) is 0 Å². The highest BCUT2D eigenvalue weighted by molar-refractivity contribution is 5.85. The number of Topliss-reactive ketones (excluding diaryl/α,β-unsaturated/α-hetero) is 1. The van der Waals surface area contributed by atoms with Crippen LogP contribution < -0.4 is 4.74 Å². The van der Waals surface area contributed by atoms with Gasteiger partial charge in [-0.05, 0) is 23.6 Å². The van der Waals surface area contributed by atoms with E-state index < -0.39 is 0 Å². The van der Waals surface area contributed by atoms with Gasteiger partial charge in [0.05, 0.1) is 0 Å². The number of hydrogen-bond donors (Lipinski definition) is 0. The molecule has 0 aliphatic carbocycles. The summed E-state index contributed by atoms with van der Waals surface area (Å²) < 4.78 is 5.48. The zero-order valence-electron chi connectivity index (χ0n) is 11.4. The van der Waals surface area contributed by atoms with Crippen LogP contribution in [0.5, 0.6) is 5.75 Å². The van der Waals surface area contributed by atoms with Crippen LogP contribution in [-0.4, -0.2) is 12.4 Å². The van der Waals surface area contributed by atoms with Crippen LogP contribution >= 0.6 is 0 Å². The van der Waals surface area contributed by atoms with E-state index in [1.807, 2.05) is 45.0 Å². The van der Waals surface area contributed by atoms with Crippen LogP contribution in [0, 0.1) is 5.41 Å². The topological polar surface area (TPSA) is 26.3 Å². The molecule has 0 aliphatic rings. The summed E-state index contributed by atoms with van der Waals surface area (Å²) in [5.41, 5.74) is 0.942. The second-order valence-corrected chi connectivity index (χ2v) is 5.69. The molecule has 2 nitrogen and oxygen atoms in total. The molecule has 0 radical (unpaired) electrons. The molecule has 0 atom stereocenters. The van der Waals surface area contributed by atoms with E-state index in [9.17, 15) is 4.79 Å². The predicted octanol–water partition coefficient (Wildman–Crippen LogP) is 3.80. The first-order valence-electron chi connectivity index (χ1n) is 6.07. The molecule has 0 aromatic heterocycles. The van der Waals surface area contributed by atoms with Gasteiger partial charge in [-0.15, -0.1) is 0 Å². The number of hydrogen-bond acceptors (Lipinski definition) is 2. The van der Waals surface area contributed by atoms with E-state index in [1.165, 1.54) is 5.56 Å². The highest BCUT2D eigenvalue weighted by atomic mass is 16.5. The number of ether oxygens (including phenoxy) is 1. The van der Waals surface area contributed by atoms with Gasteiger partial charge < -0.3 is 4.74 Å². The van der Waals surface area contributed by atoms with Crippen molar-refractivity contribution in [3.05, 3.63) is 29.8 Å². The molecule has 0 saturated heterocycles. The number of benzene rings is 1. The lowest BCUT2D eigenvalue weighted by molar-refractivity contribution is -0.128. The molecular formula is C15H22O2. The van der Waals surface area contributed by atoms with E-state index in [0.717, 1.165) is 5.75 Å². The molecule has 0 unspecified atom stereocenters. The Morgan fingerprint density at radius 2 is 1.71 bits per heavy atom. The van der Waals surface area contributed by atoms with Crippen molar-refractivity contribution < 1.29 is 9.53 Å². The predicted molar refractivity (Wildman–Crippen MR) is 70.5 cm³/mol. The lowest BCUT2D eigenvalue weighted by Gasteiger charge is -2.17. The lowest BCUT2D eigenvalue weighted by atomic mass is 9.91. The fourth-order valence-electron chi connectivity index (χ4n) is 1.31. The average molecular weight is 234 g/mol. The summed E-state index contributed by atoms with van der Waals surface area (Å²) in [6.45, 7) is 10.2. The summed E-state index contributed by atoms with van der Waals surface area (Å²) in [5.74, 6) is 1.39. The molecule has 2 heteroatoms. The van der Waals surface area contributed by atoms with Crippen molar-refractivity contribution in [2.75, 3.05) is 6.61 Å². The van der Waals surface area contributed by atoms with Crippen LogP contribution in [0.25, 0.3) is 0 Å². The lowest BCUT2D eigenvalue weighted by Crippen LogP contribution is -2.26. The number of rotatable bonds is 4. The Labute approximate surface area is 104 Å². The fourth-order valence-corrected chi connectivity index (χ4v) is 1.31. The van der Waals surface area contributed by atoms with Gasteiger partial charge in [0, 0.05) is 5.41 Å². The molecule has 94 valence electrons. The Kier molecular flexibility index (Phi) is 4.33. The average Bonchev–Trinajstić information content (AvgIpc) is 2.25. The normalized spacial score (nSPS) is 11.6. The summed E-state index contributed by atoms with van der Waals surface area (Å²) >= 11 is 0. The maximum Gasteiger partial charge on any atom is 0.175 e. The van der Waals surface area contributed by atoms with Gasteiger partial charge in [-0.25, -0.2) is 0 Å². The van der Waals surface area contributed by atoms with Crippen molar-refractivity contribution in [3.63, 3.8) is 0 Å². The minimum Gasteiger partial charge on any atom is -0.486 e. The number of carbonyl (C=O) groups is 1. The van der Waals surface area contributed by atoms with E-state index in [1.54, 1.807) is 0 Å². The van der Waals surface area contributed by atoms with Gasteiger partial charge in [0.1, 0.15) is 12.4 Å². The first-order valence-corrected chi connectivity index (χ1v) is 6.07. The molecule has 0 saturated carbocycles. The smallest absolute Gasteiger partial charge is 0.175 e. The van der Waals surface area contributed by atoms with E-state index >= 15 is 0 Å². The number of ketones is 1. The third-order valence-corrected chi connectivity index (χ3v) is 2.75. The molecule has 0 aliphatic heterocycles. The molecular weight excluding hydrogens is 212 g/mol. The zero-order chi connectivity index (χ0) is 13.1. The Morgan fingerprint density at radius 3 is 2.12 bits per heavy atom. The van der Waals surface area contributed by atoms with E-state index in [2.05, 4.69) is 13.8 Å². The van der Waals surface area contributed by atoms with Gasteiger partial charge in [-0.2, -0.15) is 0 Å². The maximum atomic E-state index is 11.7. The molecule has 1 rings (SSSR count).